The molecule has 2 atom stereocenters. The fourth-order valence-corrected chi connectivity index (χ4v) is 6.90. The Labute approximate surface area is 289 Å². The molecule has 0 aromatic carbocycles. The van der Waals surface area contributed by atoms with Gasteiger partial charge in [-0.3, -0.25) is 19.2 Å². The predicted octanol–water partition coefficient (Wildman–Crippen LogP) is 7.77. The van der Waals surface area contributed by atoms with E-state index in [9.17, 15) is 29.4 Å². The zero-order valence-electron chi connectivity index (χ0n) is 29.5. The predicted molar refractivity (Wildman–Crippen MR) is 190 cm³/mol. The number of fused-ring (bicyclic) bond motifs is 8. The van der Waals surface area contributed by atoms with Gasteiger partial charge in [0.2, 0.25) is 0 Å². The lowest BCUT2D eigenvalue weighted by atomic mass is 9.98. The first-order valence-corrected chi connectivity index (χ1v) is 16.5. The smallest absolute Gasteiger partial charge is 0.303 e. The van der Waals surface area contributed by atoms with Crippen LogP contribution < -0.4 is 0 Å². The van der Waals surface area contributed by atoms with Gasteiger partial charge in [0.1, 0.15) is 12.2 Å². The number of rotatable bonds is 10. The normalized spacial score (nSPS) is 14.1. The monoisotopic (exact) mass is 682 g/mol. The third kappa shape index (κ3) is 7.24. The second-order valence-corrected chi connectivity index (χ2v) is 12.8. The van der Waals surface area contributed by atoms with Crippen molar-refractivity contribution >= 4 is 68.2 Å². The van der Waals surface area contributed by atoms with Crippen molar-refractivity contribution in [2.24, 2.45) is 0 Å². The summed E-state index contributed by atoms with van der Waals surface area (Å²) in [7, 11) is 0. The van der Waals surface area contributed by atoms with Crippen LogP contribution in [0.15, 0.2) is 24.3 Å². The van der Waals surface area contributed by atoms with Crippen LogP contribution in [0.2, 0.25) is 0 Å². The van der Waals surface area contributed by atoms with Crippen LogP contribution in [0.3, 0.4) is 0 Å². The molecule has 12 heteroatoms. The largest absolute Gasteiger partial charge is 0.481 e. The average molecular weight is 683 g/mol. The molecule has 0 saturated heterocycles. The number of carbonyl (C=O) groups excluding carboxylic acids is 2. The van der Waals surface area contributed by atoms with E-state index in [1.54, 1.807) is 13.0 Å². The number of hydrogen-bond donors (Lipinski definition) is 4. The van der Waals surface area contributed by atoms with Gasteiger partial charge < -0.3 is 29.7 Å². The maximum atomic E-state index is 12.1. The van der Waals surface area contributed by atoms with E-state index in [0.29, 0.717) is 33.8 Å². The van der Waals surface area contributed by atoms with Crippen LogP contribution in [0.25, 0.3) is 44.4 Å². The van der Waals surface area contributed by atoms with Crippen LogP contribution in [-0.4, -0.2) is 54.0 Å². The molecule has 2 aliphatic heterocycles. The van der Waals surface area contributed by atoms with Gasteiger partial charge in [-0.1, -0.05) is 0 Å². The van der Waals surface area contributed by atoms with E-state index in [1.165, 1.54) is 13.8 Å². The topological polar surface area (TPSA) is 185 Å². The molecule has 5 rings (SSSR count). The van der Waals surface area contributed by atoms with Crippen LogP contribution in [0.4, 0.5) is 0 Å². The number of aromatic nitrogens is 4. The second kappa shape index (κ2) is 14.1. The van der Waals surface area contributed by atoms with Crippen molar-refractivity contribution in [2.75, 3.05) is 0 Å². The number of aliphatic carboxylic acids is 2. The van der Waals surface area contributed by atoms with Crippen molar-refractivity contribution < 1.29 is 38.9 Å². The summed E-state index contributed by atoms with van der Waals surface area (Å²) in [6, 6.07) is 7.50. The van der Waals surface area contributed by atoms with Gasteiger partial charge in [0.05, 0.1) is 22.8 Å². The Hall–Kier alpha value is -5.52. The molecule has 0 fully saturated rings. The molecule has 0 spiro atoms. The minimum absolute atomic E-state index is 0.104. The van der Waals surface area contributed by atoms with E-state index < -0.39 is 36.1 Å². The van der Waals surface area contributed by atoms with Gasteiger partial charge in [-0.05, 0) is 112 Å². The molecule has 0 amide bonds. The van der Waals surface area contributed by atoms with E-state index in [1.807, 2.05) is 52.8 Å². The number of allylic oxidation sites excluding steroid dienone is 4. The molecule has 4 N–H and O–H groups in total. The third-order valence-corrected chi connectivity index (χ3v) is 9.31. The number of ether oxygens (including phenoxy) is 2. The van der Waals surface area contributed by atoms with Crippen LogP contribution in [0.1, 0.15) is 124 Å². The molecule has 0 aliphatic carbocycles. The Morgan fingerprint density at radius 2 is 1.00 bits per heavy atom. The van der Waals surface area contributed by atoms with Crippen molar-refractivity contribution in [3.05, 3.63) is 69.3 Å². The van der Waals surface area contributed by atoms with Crippen LogP contribution in [-0.2, 0) is 28.7 Å². The van der Waals surface area contributed by atoms with Crippen LogP contribution in [0, 0.1) is 13.8 Å². The first-order chi connectivity index (χ1) is 23.5. The zero-order chi connectivity index (χ0) is 36.6. The number of H-pyrrole nitrogens is 2. The summed E-state index contributed by atoms with van der Waals surface area (Å²) in [6.07, 6.45) is -0.967. The van der Waals surface area contributed by atoms with Gasteiger partial charge in [-0.25, -0.2) is 9.97 Å². The maximum Gasteiger partial charge on any atom is 0.303 e. The standard InChI is InChI=1S/C38H42N4O8/c1-17-25(9-11-35(45)46)31-16-32-26(10-12-36(47)48)18(2)28(40-32)14-33-38(22(6)50-24(8)44)20(4)30(42-33)15-34-37(21(5)49-23(7)43)19(3)29(41-34)13-27(17)39-31/h13-16,21-22,41-42H,9-12H2,1-8H3,(H,45,46)(H,47,48). The number of aryl methyl sites for hydroxylation is 2. The molecule has 0 radical (unpaired) electrons. The first kappa shape index (κ1) is 35.8. The lowest BCUT2D eigenvalue weighted by molar-refractivity contribution is -0.146. The summed E-state index contributed by atoms with van der Waals surface area (Å²) in [6.45, 7) is 14.0. The average Bonchev–Trinajstić information content (AvgIpc) is 3.67. The highest BCUT2D eigenvalue weighted by Crippen LogP contribution is 2.39. The molecule has 2 unspecified atom stereocenters. The quantitative estimate of drug-likeness (QED) is 0.154. The second-order valence-electron chi connectivity index (χ2n) is 12.8. The lowest BCUT2D eigenvalue weighted by Crippen LogP contribution is -2.05. The molecular weight excluding hydrogens is 640 g/mol. The fraction of sp³-hybridized carbons (Fsp3) is 0.368. The summed E-state index contributed by atoms with van der Waals surface area (Å²) in [5.41, 5.74) is 11.4. The molecule has 3 aromatic heterocycles. The van der Waals surface area contributed by atoms with Gasteiger partial charge >= 0.3 is 23.9 Å². The van der Waals surface area contributed by atoms with Gasteiger partial charge in [-0.15, -0.1) is 0 Å². The van der Waals surface area contributed by atoms with E-state index in [2.05, 4.69) is 9.97 Å². The van der Waals surface area contributed by atoms with E-state index in [0.717, 1.165) is 55.6 Å². The number of carboxylic acid groups (broad SMARTS) is 2. The highest BCUT2D eigenvalue weighted by Gasteiger charge is 2.25. The molecular formula is C38H42N4O8. The number of nitrogens with zero attached hydrogens (tertiary/aromatic N) is 2. The Kier molecular flexibility index (Phi) is 10.1. The van der Waals surface area contributed by atoms with Crippen molar-refractivity contribution in [1.29, 1.82) is 0 Å². The lowest BCUT2D eigenvalue weighted by Gasteiger charge is -2.12. The first-order valence-electron chi connectivity index (χ1n) is 16.5. The van der Waals surface area contributed by atoms with Crippen molar-refractivity contribution in [3.63, 3.8) is 0 Å². The molecule has 262 valence electrons. The molecule has 8 bridgehead atoms. The zero-order valence-corrected chi connectivity index (χ0v) is 29.5. The maximum absolute atomic E-state index is 12.1. The SMILES string of the molecule is CC(=O)OC(C)c1c(C)c2cc3[nH]c(cc4nc(cc5nc(cc1[nH]2)C(C)=C5CCC(=O)O)C(CCC(=O)O)=C4C)c(C)c3C(C)OC(C)=O. The van der Waals surface area contributed by atoms with Gasteiger partial charge in [0.15, 0.2) is 0 Å². The molecule has 2 aliphatic rings. The highest BCUT2D eigenvalue weighted by molar-refractivity contribution is 5.96. The molecule has 12 nitrogen and oxygen atoms in total. The van der Waals surface area contributed by atoms with E-state index >= 15 is 0 Å². The fourth-order valence-electron chi connectivity index (χ4n) is 6.90. The van der Waals surface area contributed by atoms with Gasteiger partial charge in [0, 0.05) is 59.9 Å². The highest BCUT2D eigenvalue weighted by atomic mass is 16.5. The van der Waals surface area contributed by atoms with Crippen LogP contribution >= 0.6 is 0 Å². The summed E-state index contributed by atoms with van der Waals surface area (Å²) in [5.74, 6) is -2.74. The van der Waals surface area contributed by atoms with Crippen LogP contribution in [0.5, 0.6) is 0 Å². The van der Waals surface area contributed by atoms with Gasteiger partial charge in [-0.2, -0.15) is 0 Å². The Morgan fingerprint density at radius 1 is 0.620 bits per heavy atom. The van der Waals surface area contributed by atoms with Crippen molar-refractivity contribution in [3.8, 4) is 0 Å². The number of hydrogen-bond acceptors (Lipinski definition) is 8. The minimum Gasteiger partial charge on any atom is -0.481 e. The summed E-state index contributed by atoms with van der Waals surface area (Å²) >= 11 is 0. The number of carboxylic acids is 2. The number of nitrogens with one attached hydrogen (secondary N) is 2. The molecule has 0 saturated carbocycles. The Morgan fingerprint density at radius 3 is 1.40 bits per heavy atom. The van der Waals surface area contributed by atoms with Crippen molar-refractivity contribution in [1.82, 2.24) is 19.9 Å². The number of carbonyl (C=O) groups is 4. The van der Waals surface area contributed by atoms with E-state index in [-0.39, 0.29) is 25.7 Å². The number of aromatic amines is 2. The summed E-state index contributed by atoms with van der Waals surface area (Å²) in [5, 5.41) is 19.1. The molecule has 50 heavy (non-hydrogen) atoms. The minimum atomic E-state index is -0.942. The third-order valence-electron chi connectivity index (χ3n) is 9.31. The van der Waals surface area contributed by atoms with E-state index in [4.69, 9.17) is 19.4 Å². The Balaban J connectivity index is 1.96. The van der Waals surface area contributed by atoms with Crippen molar-refractivity contribution in [2.45, 2.75) is 93.3 Å². The summed E-state index contributed by atoms with van der Waals surface area (Å²) in [4.78, 5) is 64.4. The molecule has 5 heterocycles. The summed E-state index contributed by atoms with van der Waals surface area (Å²) < 4.78 is 11.3. The molecule has 3 aromatic rings. The number of esters is 2. The van der Waals surface area contributed by atoms with Gasteiger partial charge in [0.25, 0.3) is 0 Å². The Bertz CT molecular complexity index is 2170.